The van der Waals surface area contributed by atoms with Crippen molar-refractivity contribution in [1.29, 1.82) is 0 Å². The number of carbonyl (C=O) groups is 1. The molecule has 104 valence electrons. The van der Waals surface area contributed by atoms with E-state index in [1.54, 1.807) is 23.3 Å². The predicted molar refractivity (Wildman–Crippen MR) is 76.3 cm³/mol. The molecule has 1 aliphatic rings. The zero-order chi connectivity index (χ0) is 14.2. The number of pyridine rings is 1. The van der Waals surface area contributed by atoms with Crippen LogP contribution < -0.4 is 5.32 Å². The summed E-state index contributed by atoms with van der Waals surface area (Å²) in [6.45, 7) is 0. The summed E-state index contributed by atoms with van der Waals surface area (Å²) in [6, 6.07) is 3.70. The van der Waals surface area contributed by atoms with Gasteiger partial charge >= 0.3 is 0 Å². The van der Waals surface area contributed by atoms with Crippen molar-refractivity contribution >= 4 is 29.1 Å². The van der Waals surface area contributed by atoms with Gasteiger partial charge in [-0.25, -0.2) is 4.68 Å². The van der Waals surface area contributed by atoms with Gasteiger partial charge in [0.2, 0.25) is 0 Å². The molecule has 0 spiro atoms. The van der Waals surface area contributed by atoms with Crippen molar-refractivity contribution in [1.82, 2.24) is 20.1 Å². The summed E-state index contributed by atoms with van der Waals surface area (Å²) in [5.74, 6) is -0.172. The maximum atomic E-state index is 12.0. The van der Waals surface area contributed by atoms with Crippen LogP contribution in [-0.4, -0.2) is 31.0 Å². The average Bonchev–Trinajstić information content (AvgIpc) is 2.87. The Labute approximate surface area is 125 Å². The molecule has 3 rings (SSSR count). The second-order valence-electron chi connectivity index (χ2n) is 4.82. The Balaban J connectivity index is 1.67. The first-order valence-electron chi connectivity index (χ1n) is 6.17. The fourth-order valence-corrected chi connectivity index (χ4v) is 2.85. The molecule has 1 fully saturated rings. The van der Waals surface area contributed by atoms with Crippen molar-refractivity contribution in [2.45, 2.75) is 23.2 Å². The maximum Gasteiger partial charge on any atom is 0.254 e. The number of nitrogens with one attached hydrogen (secondary N) is 1. The average molecular weight is 311 g/mol. The molecular weight excluding hydrogens is 299 g/mol. The van der Waals surface area contributed by atoms with Crippen LogP contribution in [0.1, 0.15) is 23.2 Å². The van der Waals surface area contributed by atoms with Crippen LogP contribution in [0.4, 0.5) is 0 Å². The highest BCUT2D eigenvalue weighted by Crippen LogP contribution is 2.42. The summed E-state index contributed by atoms with van der Waals surface area (Å²) in [6.07, 6.45) is 7.68. The predicted octanol–water partition coefficient (Wildman–Crippen LogP) is 2.33. The van der Waals surface area contributed by atoms with Crippen molar-refractivity contribution in [3.05, 3.63) is 42.5 Å². The molecule has 0 saturated heterocycles. The van der Waals surface area contributed by atoms with Gasteiger partial charge in [0.05, 0.1) is 23.6 Å². The van der Waals surface area contributed by atoms with Gasteiger partial charge < -0.3 is 5.32 Å². The normalized spacial score (nSPS) is 17.5. The molecular formula is C13H12Cl2N4O. The van der Waals surface area contributed by atoms with E-state index in [9.17, 15) is 4.79 Å². The van der Waals surface area contributed by atoms with Gasteiger partial charge in [-0.05, 0) is 12.1 Å². The van der Waals surface area contributed by atoms with E-state index in [1.165, 1.54) is 6.20 Å². The zero-order valence-electron chi connectivity index (χ0n) is 10.5. The molecule has 5 nitrogen and oxygen atoms in total. The number of rotatable bonds is 3. The Hall–Kier alpha value is -1.59. The first-order chi connectivity index (χ1) is 9.53. The maximum absolute atomic E-state index is 12.0. The van der Waals surface area contributed by atoms with E-state index < -0.39 is 4.33 Å². The third-order valence-corrected chi connectivity index (χ3v) is 3.80. The first kappa shape index (κ1) is 13.4. The number of hydrogen-bond acceptors (Lipinski definition) is 3. The van der Waals surface area contributed by atoms with Gasteiger partial charge in [0.25, 0.3) is 5.91 Å². The zero-order valence-corrected chi connectivity index (χ0v) is 12.0. The van der Waals surface area contributed by atoms with Crippen molar-refractivity contribution in [2.75, 3.05) is 0 Å². The monoisotopic (exact) mass is 310 g/mol. The van der Waals surface area contributed by atoms with Crippen molar-refractivity contribution < 1.29 is 4.79 Å². The fraction of sp³-hybridized carbons (Fsp3) is 0.308. The third kappa shape index (κ3) is 2.78. The van der Waals surface area contributed by atoms with E-state index in [-0.39, 0.29) is 11.9 Å². The van der Waals surface area contributed by atoms with Crippen LogP contribution in [0, 0.1) is 0 Å². The highest BCUT2D eigenvalue weighted by molar-refractivity contribution is 6.49. The minimum atomic E-state index is -0.697. The molecule has 0 atom stereocenters. The molecule has 7 heteroatoms. The Morgan fingerprint density at radius 2 is 2.20 bits per heavy atom. The summed E-state index contributed by atoms with van der Waals surface area (Å²) < 4.78 is 0.911. The minimum absolute atomic E-state index is 0.0271. The van der Waals surface area contributed by atoms with E-state index >= 15 is 0 Å². The van der Waals surface area contributed by atoms with Crippen LogP contribution in [-0.2, 0) is 0 Å². The summed E-state index contributed by atoms with van der Waals surface area (Å²) in [4.78, 5) is 16.0. The van der Waals surface area contributed by atoms with Gasteiger partial charge in [-0.2, -0.15) is 5.10 Å². The van der Waals surface area contributed by atoms with E-state index in [1.807, 2.05) is 12.1 Å². The Morgan fingerprint density at radius 3 is 2.85 bits per heavy atom. The number of carbonyl (C=O) groups excluding carboxylic acids is 1. The molecule has 2 aromatic rings. The number of halogens is 2. The molecule has 2 aromatic heterocycles. The quantitative estimate of drug-likeness (QED) is 0.885. The van der Waals surface area contributed by atoms with Crippen LogP contribution in [0.2, 0.25) is 0 Å². The Morgan fingerprint density at radius 1 is 1.40 bits per heavy atom. The van der Waals surface area contributed by atoms with Crippen LogP contribution in [0.25, 0.3) is 5.69 Å². The van der Waals surface area contributed by atoms with Crippen LogP contribution in [0.3, 0.4) is 0 Å². The summed E-state index contributed by atoms with van der Waals surface area (Å²) in [7, 11) is 0. The lowest BCUT2D eigenvalue weighted by molar-refractivity contribution is 0.0914. The highest BCUT2D eigenvalue weighted by Gasteiger charge is 2.41. The SMILES string of the molecule is O=C(NC1CC(Cl)(Cl)C1)c1cnn(-c2cccnc2)c1. The van der Waals surface area contributed by atoms with Crippen molar-refractivity contribution in [3.63, 3.8) is 0 Å². The highest BCUT2D eigenvalue weighted by atomic mass is 35.5. The molecule has 0 aliphatic heterocycles. The van der Waals surface area contributed by atoms with Crippen LogP contribution >= 0.6 is 23.2 Å². The topological polar surface area (TPSA) is 59.8 Å². The fourth-order valence-electron chi connectivity index (χ4n) is 2.10. The lowest BCUT2D eigenvalue weighted by atomic mass is 9.91. The number of amides is 1. The van der Waals surface area contributed by atoms with Gasteiger partial charge in [0.15, 0.2) is 0 Å². The van der Waals surface area contributed by atoms with E-state index in [0.29, 0.717) is 18.4 Å². The third-order valence-electron chi connectivity index (χ3n) is 3.18. The lowest BCUT2D eigenvalue weighted by Gasteiger charge is -2.38. The first-order valence-corrected chi connectivity index (χ1v) is 6.93. The Kier molecular flexibility index (Phi) is 3.40. The van der Waals surface area contributed by atoms with Gasteiger partial charge in [0.1, 0.15) is 4.33 Å². The number of hydrogen-bond donors (Lipinski definition) is 1. The Bertz CT molecular complexity index is 618. The van der Waals surface area contributed by atoms with E-state index in [4.69, 9.17) is 23.2 Å². The standard InChI is InChI=1S/C13H12Cl2N4O/c14-13(15)4-10(5-13)18-12(20)9-6-17-19(8-9)11-2-1-3-16-7-11/h1-3,6-8,10H,4-5H2,(H,18,20). The van der Waals surface area contributed by atoms with Gasteiger partial charge in [-0.3, -0.25) is 9.78 Å². The minimum Gasteiger partial charge on any atom is -0.349 e. The molecule has 1 saturated carbocycles. The second kappa shape index (κ2) is 5.07. The van der Waals surface area contributed by atoms with Gasteiger partial charge in [-0.15, -0.1) is 23.2 Å². The van der Waals surface area contributed by atoms with Gasteiger partial charge in [0, 0.05) is 31.3 Å². The molecule has 0 unspecified atom stereocenters. The summed E-state index contributed by atoms with van der Waals surface area (Å²) in [5, 5.41) is 7.03. The second-order valence-corrected chi connectivity index (χ2v) is 6.46. The molecule has 2 heterocycles. The van der Waals surface area contributed by atoms with Gasteiger partial charge in [-0.1, -0.05) is 0 Å². The van der Waals surface area contributed by atoms with Crippen LogP contribution in [0.5, 0.6) is 0 Å². The largest absolute Gasteiger partial charge is 0.349 e. The molecule has 0 aromatic carbocycles. The molecule has 1 aliphatic carbocycles. The number of nitrogens with zero attached hydrogens (tertiary/aromatic N) is 3. The smallest absolute Gasteiger partial charge is 0.254 e. The summed E-state index contributed by atoms with van der Waals surface area (Å²) in [5.41, 5.74) is 1.30. The van der Waals surface area contributed by atoms with Crippen molar-refractivity contribution in [2.24, 2.45) is 0 Å². The molecule has 1 N–H and O–H groups in total. The molecule has 20 heavy (non-hydrogen) atoms. The van der Waals surface area contributed by atoms with Crippen LogP contribution in [0.15, 0.2) is 36.9 Å². The molecule has 0 bridgehead atoms. The number of aromatic nitrogens is 3. The molecule has 1 amide bonds. The van der Waals surface area contributed by atoms with Crippen molar-refractivity contribution in [3.8, 4) is 5.69 Å². The number of alkyl halides is 2. The van der Waals surface area contributed by atoms with E-state index in [2.05, 4.69) is 15.4 Å². The summed E-state index contributed by atoms with van der Waals surface area (Å²) >= 11 is 11.8. The van der Waals surface area contributed by atoms with E-state index in [0.717, 1.165) is 5.69 Å². The molecule has 0 radical (unpaired) electrons. The lowest BCUT2D eigenvalue weighted by Crippen LogP contribution is -2.49.